The molecule has 0 aromatic heterocycles. The molecule has 1 aliphatic heterocycles. The molecule has 0 atom stereocenters. The number of fused-ring (bicyclic) bond motifs is 1. The summed E-state index contributed by atoms with van der Waals surface area (Å²) >= 11 is 0. The minimum Gasteiger partial charge on any atom is -0.495 e. The monoisotopic (exact) mass is 297 g/mol. The number of carbonyl (C=O) groups excluding carboxylic acids is 2. The van der Waals surface area contributed by atoms with Gasteiger partial charge in [-0.2, -0.15) is 0 Å². The molecule has 0 saturated heterocycles. The molecule has 1 amide bonds. The van der Waals surface area contributed by atoms with Crippen LogP contribution in [0.1, 0.15) is 26.3 Å². The molecule has 0 aliphatic carbocycles. The van der Waals surface area contributed by atoms with Gasteiger partial charge in [-0.15, -0.1) is 0 Å². The van der Waals surface area contributed by atoms with E-state index < -0.39 is 5.97 Å². The van der Waals surface area contributed by atoms with Crippen molar-refractivity contribution < 1.29 is 19.1 Å². The zero-order valence-electron chi connectivity index (χ0n) is 12.3. The van der Waals surface area contributed by atoms with Crippen LogP contribution in [0.4, 0.5) is 5.69 Å². The van der Waals surface area contributed by atoms with Crippen LogP contribution >= 0.6 is 0 Å². The van der Waals surface area contributed by atoms with Crippen molar-refractivity contribution in [1.82, 2.24) is 0 Å². The van der Waals surface area contributed by atoms with Crippen LogP contribution in [0.15, 0.2) is 42.5 Å². The lowest BCUT2D eigenvalue weighted by molar-refractivity contribution is 0.0597. The van der Waals surface area contributed by atoms with E-state index in [9.17, 15) is 9.59 Å². The number of para-hydroxylation sites is 2. The topological polar surface area (TPSA) is 55.8 Å². The van der Waals surface area contributed by atoms with E-state index >= 15 is 0 Å². The molecule has 0 saturated carbocycles. The molecule has 1 heterocycles. The van der Waals surface area contributed by atoms with E-state index in [-0.39, 0.29) is 5.91 Å². The number of benzene rings is 2. The van der Waals surface area contributed by atoms with E-state index in [1.165, 1.54) is 7.11 Å². The standard InChI is InChI=1S/C17H15NO4/c1-21-14-9-4-3-8-13(14)18-10-11-6-5-7-12(17(20)22-2)15(11)16(18)19/h3-9H,10H2,1-2H3. The van der Waals surface area contributed by atoms with Gasteiger partial charge in [-0.25, -0.2) is 4.79 Å². The Hall–Kier alpha value is -2.82. The first kappa shape index (κ1) is 14.1. The van der Waals surface area contributed by atoms with Crippen molar-refractivity contribution in [3.63, 3.8) is 0 Å². The van der Waals surface area contributed by atoms with Crippen LogP contribution in [0.5, 0.6) is 5.75 Å². The molecule has 0 fully saturated rings. The van der Waals surface area contributed by atoms with E-state index in [1.807, 2.05) is 24.3 Å². The van der Waals surface area contributed by atoms with Crippen molar-refractivity contribution in [2.45, 2.75) is 6.54 Å². The molecule has 0 N–H and O–H groups in total. The van der Waals surface area contributed by atoms with E-state index in [2.05, 4.69) is 0 Å². The molecule has 3 rings (SSSR count). The molecular formula is C17H15NO4. The zero-order chi connectivity index (χ0) is 15.7. The number of carbonyl (C=O) groups is 2. The molecule has 1 aliphatic rings. The molecule has 112 valence electrons. The van der Waals surface area contributed by atoms with Gasteiger partial charge >= 0.3 is 5.97 Å². The number of hydrogen-bond acceptors (Lipinski definition) is 4. The Labute approximate surface area is 128 Å². The Bertz CT molecular complexity index is 754. The normalized spacial score (nSPS) is 13.0. The number of ether oxygens (including phenoxy) is 2. The second-order valence-corrected chi connectivity index (χ2v) is 4.89. The van der Waals surface area contributed by atoms with Gasteiger partial charge in [-0.1, -0.05) is 24.3 Å². The summed E-state index contributed by atoms with van der Waals surface area (Å²) in [6, 6.07) is 12.5. The first-order chi connectivity index (χ1) is 10.7. The van der Waals surface area contributed by atoms with Crippen molar-refractivity contribution in [1.29, 1.82) is 0 Å². The lowest BCUT2D eigenvalue weighted by Crippen LogP contribution is -2.24. The van der Waals surface area contributed by atoms with Crippen LogP contribution in [0.25, 0.3) is 0 Å². The summed E-state index contributed by atoms with van der Waals surface area (Å²) < 4.78 is 10.1. The summed E-state index contributed by atoms with van der Waals surface area (Å²) in [5, 5.41) is 0. The minimum atomic E-state index is -0.507. The van der Waals surface area contributed by atoms with Gasteiger partial charge < -0.3 is 14.4 Å². The molecule has 5 nitrogen and oxygen atoms in total. The average Bonchev–Trinajstić information content (AvgIpc) is 2.91. The SMILES string of the molecule is COC(=O)c1cccc2c1C(=O)N(c1ccccc1OC)C2. The van der Waals surface area contributed by atoms with Crippen molar-refractivity contribution in [3.05, 3.63) is 59.2 Å². The van der Waals surface area contributed by atoms with Gasteiger partial charge in [-0.05, 0) is 23.8 Å². The van der Waals surface area contributed by atoms with Gasteiger partial charge in [0.25, 0.3) is 5.91 Å². The van der Waals surface area contributed by atoms with Crippen LogP contribution in [0, 0.1) is 0 Å². The van der Waals surface area contributed by atoms with E-state index in [1.54, 1.807) is 30.2 Å². The maximum Gasteiger partial charge on any atom is 0.338 e. The number of hydrogen-bond donors (Lipinski definition) is 0. The first-order valence-corrected chi connectivity index (χ1v) is 6.82. The maximum atomic E-state index is 12.8. The number of rotatable bonds is 3. The molecule has 0 bridgehead atoms. The summed E-state index contributed by atoms with van der Waals surface area (Å²) in [5.41, 5.74) is 2.18. The molecule has 22 heavy (non-hydrogen) atoms. The Morgan fingerprint density at radius 2 is 1.86 bits per heavy atom. The first-order valence-electron chi connectivity index (χ1n) is 6.82. The number of methoxy groups -OCH3 is 2. The third-order valence-corrected chi connectivity index (χ3v) is 3.72. The van der Waals surface area contributed by atoms with Gasteiger partial charge in [0.05, 0.1) is 37.6 Å². The molecule has 2 aromatic carbocycles. The van der Waals surface area contributed by atoms with Gasteiger partial charge in [0.1, 0.15) is 5.75 Å². The molecule has 0 unspecified atom stereocenters. The van der Waals surface area contributed by atoms with E-state index in [0.717, 1.165) is 5.56 Å². The third-order valence-electron chi connectivity index (χ3n) is 3.72. The fourth-order valence-corrected chi connectivity index (χ4v) is 2.69. The largest absolute Gasteiger partial charge is 0.495 e. The van der Waals surface area contributed by atoms with Gasteiger partial charge in [-0.3, -0.25) is 4.79 Å². The van der Waals surface area contributed by atoms with Crippen LogP contribution in [0.2, 0.25) is 0 Å². The Morgan fingerprint density at radius 3 is 2.59 bits per heavy atom. The number of amides is 1. The van der Waals surface area contributed by atoms with Crippen LogP contribution in [-0.2, 0) is 11.3 Å². The molecule has 5 heteroatoms. The second kappa shape index (κ2) is 5.52. The fourth-order valence-electron chi connectivity index (χ4n) is 2.69. The highest BCUT2D eigenvalue weighted by Gasteiger charge is 2.34. The predicted octanol–water partition coefficient (Wildman–Crippen LogP) is 2.64. The predicted molar refractivity (Wildman–Crippen MR) is 81.3 cm³/mol. The third kappa shape index (κ3) is 2.11. The van der Waals surface area contributed by atoms with Crippen molar-refractivity contribution >= 4 is 17.6 Å². The molecule has 0 radical (unpaired) electrons. The number of anilines is 1. The maximum absolute atomic E-state index is 12.8. The highest BCUT2D eigenvalue weighted by Crippen LogP contribution is 2.35. The average molecular weight is 297 g/mol. The lowest BCUT2D eigenvalue weighted by atomic mass is 10.0. The molecular weight excluding hydrogens is 282 g/mol. The van der Waals surface area contributed by atoms with Gasteiger partial charge in [0, 0.05) is 0 Å². The van der Waals surface area contributed by atoms with Gasteiger partial charge in [0.15, 0.2) is 0 Å². The Morgan fingerprint density at radius 1 is 1.09 bits per heavy atom. The van der Waals surface area contributed by atoms with Crippen molar-refractivity contribution in [2.24, 2.45) is 0 Å². The number of esters is 1. The smallest absolute Gasteiger partial charge is 0.338 e. The summed E-state index contributed by atoms with van der Waals surface area (Å²) in [5.74, 6) is -0.115. The van der Waals surface area contributed by atoms with Crippen LogP contribution in [-0.4, -0.2) is 26.1 Å². The highest BCUT2D eigenvalue weighted by molar-refractivity contribution is 6.16. The van der Waals surface area contributed by atoms with Crippen molar-refractivity contribution in [2.75, 3.05) is 19.1 Å². The van der Waals surface area contributed by atoms with Crippen LogP contribution < -0.4 is 9.64 Å². The lowest BCUT2D eigenvalue weighted by Gasteiger charge is -2.18. The Kier molecular flexibility index (Phi) is 3.55. The second-order valence-electron chi connectivity index (χ2n) is 4.89. The number of nitrogens with zero attached hydrogens (tertiary/aromatic N) is 1. The molecule has 0 spiro atoms. The highest BCUT2D eigenvalue weighted by atomic mass is 16.5. The Balaban J connectivity index is 2.07. The van der Waals surface area contributed by atoms with Gasteiger partial charge in [0.2, 0.25) is 0 Å². The van der Waals surface area contributed by atoms with E-state index in [0.29, 0.717) is 29.1 Å². The quantitative estimate of drug-likeness (QED) is 0.817. The van der Waals surface area contributed by atoms with E-state index in [4.69, 9.17) is 9.47 Å². The fraction of sp³-hybridized carbons (Fsp3) is 0.176. The zero-order valence-corrected chi connectivity index (χ0v) is 12.3. The van der Waals surface area contributed by atoms with Crippen molar-refractivity contribution in [3.8, 4) is 5.75 Å². The summed E-state index contributed by atoms with van der Waals surface area (Å²) in [7, 11) is 2.87. The molecule has 2 aromatic rings. The summed E-state index contributed by atoms with van der Waals surface area (Å²) in [6.45, 7) is 0.402. The van der Waals surface area contributed by atoms with Crippen LogP contribution in [0.3, 0.4) is 0 Å². The summed E-state index contributed by atoms with van der Waals surface area (Å²) in [6.07, 6.45) is 0. The summed E-state index contributed by atoms with van der Waals surface area (Å²) in [4.78, 5) is 26.2. The minimum absolute atomic E-state index is 0.222.